The first-order valence-electron chi connectivity index (χ1n) is 21.3. The second-order valence-electron chi connectivity index (χ2n) is 16.5. The number of aromatic amines is 1. The van der Waals surface area contributed by atoms with E-state index in [-0.39, 0.29) is 29.8 Å². The number of hydrogen-bond donors (Lipinski definition) is 3. The largest absolute Gasteiger partial charge is 0.453 e. The lowest BCUT2D eigenvalue weighted by atomic mass is 10.0. The number of fused-ring (bicyclic) bond motifs is 2. The van der Waals surface area contributed by atoms with E-state index in [0.717, 1.165) is 70.6 Å². The molecule has 4 atom stereocenters. The van der Waals surface area contributed by atoms with Gasteiger partial charge in [0.1, 0.15) is 17.9 Å². The highest BCUT2D eigenvalue weighted by Crippen LogP contribution is 2.45. The average molecular weight is 884 g/mol. The SMILES string of the molecule is COC(=O)N[C@H](C(=O)N1CCC[C@H]1c1nc2ccc(-c3csc4c(-c5ccc(C6=CCC([C@@H]7CCCN7C(=O)[C@H](NC(=O)OC)c7ccccc7)=N6)cc5)csc34)cc2[nH]1)C(C)C. The molecule has 324 valence electrons. The molecule has 0 spiro atoms. The Hall–Kier alpha value is -6.32. The molecule has 13 nitrogen and oxygen atoms in total. The van der Waals surface area contributed by atoms with Crippen LogP contribution in [0.2, 0.25) is 0 Å². The number of imidazole rings is 1. The van der Waals surface area contributed by atoms with Crippen molar-refractivity contribution in [2.45, 2.75) is 70.1 Å². The van der Waals surface area contributed by atoms with Crippen molar-refractivity contribution < 1.29 is 28.7 Å². The van der Waals surface area contributed by atoms with Crippen LogP contribution in [0.1, 0.15) is 75.0 Å². The van der Waals surface area contributed by atoms with E-state index in [4.69, 9.17) is 19.5 Å². The van der Waals surface area contributed by atoms with Crippen LogP contribution in [0, 0.1) is 5.92 Å². The van der Waals surface area contributed by atoms with E-state index in [1.54, 1.807) is 22.7 Å². The molecule has 9 rings (SSSR count). The minimum atomic E-state index is -0.853. The number of benzene rings is 3. The van der Waals surface area contributed by atoms with E-state index >= 15 is 0 Å². The van der Waals surface area contributed by atoms with Crippen molar-refractivity contribution in [3.8, 4) is 22.3 Å². The third-order valence-electron chi connectivity index (χ3n) is 12.3. The molecule has 3 aromatic carbocycles. The third kappa shape index (κ3) is 8.22. The number of methoxy groups -OCH3 is 2. The Morgan fingerprint density at radius 1 is 0.762 bits per heavy atom. The lowest BCUT2D eigenvalue weighted by molar-refractivity contribution is -0.135. The summed E-state index contributed by atoms with van der Waals surface area (Å²) < 4.78 is 12.1. The number of nitrogens with one attached hydrogen (secondary N) is 3. The number of aromatic nitrogens is 2. The molecule has 3 aliphatic heterocycles. The van der Waals surface area contributed by atoms with E-state index in [9.17, 15) is 19.2 Å². The molecular weight excluding hydrogens is 835 g/mol. The highest BCUT2D eigenvalue weighted by Gasteiger charge is 2.39. The monoisotopic (exact) mass is 883 g/mol. The molecule has 3 aliphatic rings. The molecule has 0 aliphatic carbocycles. The molecular formula is C48H49N7O6S2. The predicted octanol–water partition coefficient (Wildman–Crippen LogP) is 9.49. The number of hydrogen-bond acceptors (Lipinski definition) is 10. The van der Waals surface area contributed by atoms with Crippen molar-refractivity contribution in [2.75, 3.05) is 27.3 Å². The Kier molecular flexibility index (Phi) is 11.9. The van der Waals surface area contributed by atoms with Gasteiger partial charge in [0.05, 0.1) is 52.4 Å². The highest BCUT2D eigenvalue weighted by molar-refractivity contribution is 7.27. The number of likely N-dealkylation sites (tertiary alicyclic amines) is 2. The zero-order valence-electron chi connectivity index (χ0n) is 35.6. The summed E-state index contributed by atoms with van der Waals surface area (Å²) in [6.07, 6.45) is 4.84. The van der Waals surface area contributed by atoms with Crippen molar-refractivity contribution >= 4 is 78.5 Å². The molecule has 3 N–H and O–H groups in total. The fourth-order valence-electron chi connectivity index (χ4n) is 9.08. The van der Waals surface area contributed by atoms with Crippen LogP contribution < -0.4 is 10.6 Å². The number of rotatable bonds is 11. The van der Waals surface area contributed by atoms with Crippen molar-refractivity contribution in [1.82, 2.24) is 30.4 Å². The van der Waals surface area contributed by atoms with Crippen LogP contribution in [0.3, 0.4) is 0 Å². The number of ether oxygens (including phenoxy) is 2. The summed E-state index contributed by atoms with van der Waals surface area (Å²) in [6, 6.07) is 22.2. The number of nitrogens with zero attached hydrogens (tertiary/aromatic N) is 4. The number of alkyl carbamates (subject to hydrolysis) is 2. The summed E-state index contributed by atoms with van der Waals surface area (Å²) in [5.74, 6) is 0.341. The zero-order valence-corrected chi connectivity index (χ0v) is 37.2. The highest BCUT2D eigenvalue weighted by atomic mass is 32.1. The molecule has 6 heterocycles. The first kappa shape index (κ1) is 42.0. The summed E-state index contributed by atoms with van der Waals surface area (Å²) >= 11 is 3.48. The quantitative estimate of drug-likeness (QED) is 0.117. The van der Waals surface area contributed by atoms with Crippen LogP contribution in [0.15, 0.2) is 94.6 Å². The van der Waals surface area contributed by atoms with Crippen LogP contribution >= 0.6 is 22.7 Å². The van der Waals surface area contributed by atoms with Crippen LogP contribution in [0.25, 0.3) is 48.4 Å². The average Bonchev–Trinajstić information content (AvgIpc) is 4.17. The van der Waals surface area contributed by atoms with Crippen LogP contribution in [-0.4, -0.2) is 88.9 Å². The van der Waals surface area contributed by atoms with E-state index < -0.39 is 24.3 Å². The van der Waals surface area contributed by atoms with E-state index in [0.29, 0.717) is 25.1 Å². The number of carbonyl (C=O) groups is 4. The smallest absolute Gasteiger partial charge is 0.407 e. The standard InChI is InChI=1S/C48H49N7O6S2/c1-27(2)40(52-47(58)60-3)45(56)55-23-9-13-39(55)44-50-35-19-18-31(24-37(35)51-44)33-26-63-42-32(25-62-43(33)42)28-14-16-29(17-15-28)34-20-21-36(49-34)38-12-8-22-54(38)46(57)41(53-48(59)61-4)30-10-6-5-7-11-30/h5-7,10-11,14-20,24-27,38-41H,8-9,12-13,21-23H2,1-4H3,(H,50,51)(H,52,58)(H,53,59)/t38-,39-,40-,41+/m0/s1. The number of thiophene rings is 2. The van der Waals surface area contributed by atoms with Gasteiger partial charge in [0.25, 0.3) is 0 Å². The lowest BCUT2D eigenvalue weighted by Crippen LogP contribution is -2.51. The van der Waals surface area contributed by atoms with Gasteiger partial charge in [0.2, 0.25) is 11.8 Å². The van der Waals surface area contributed by atoms with Crippen LogP contribution in [0.5, 0.6) is 0 Å². The van der Waals surface area contributed by atoms with Crippen molar-refractivity contribution in [3.05, 3.63) is 107 Å². The van der Waals surface area contributed by atoms with Gasteiger partial charge in [-0.3, -0.25) is 14.6 Å². The summed E-state index contributed by atoms with van der Waals surface area (Å²) in [5, 5.41) is 9.92. The number of H-pyrrole nitrogens is 1. The first-order chi connectivity index (χ1) is 30.6. The predicted molar refractivity (Wildman–Crippen MR) is 248 cm³/mol. The fourth-order valence-corrected chi connectivity index (χ4v) is 11.5. The van der Waals surface area contributed by atoms with Gasteiger partial charge in [-0.15, -0.1) is 22.7 Å². The Bertz CT molecular complexity index is 2750. The van der Waals surface area contributed by atoms with Crippen molar-refractivity contribution in [2.24, 2.45) is 10.9 Å². The Morgan fingerprint density at radius 3 is 2.06 bits per heavy atom. The Balaban J connectivity index is 0.896. The van der Waals surface area contributed by atoms with E-state index in [1.165, 1.54) is 34.7 Å². The van der Waals surface area contributed by atoms with E-state index in [1.807, 2.05) is 60.0 Å². The topological polar surface area (TPSA) is 158 Å². The number of carbonyl (C=O) groups excluding carboxylic acids is 4. The molecule has 15 heteroatoms. The maximum Gasteiger partial charge on any atom is 0.407 e. The van der Waals surface area contributed by atoms with Gasteiger partial charge in [-0.25, -0.2) is 14.6 Å². The molecule has 0 bridgehead atoms. The second-order valence-corrected chi connectivity index (χ2v) is 18.3. The number of aliphatic imine (C=N–C) groups is 1. The third-order valence-corrected chi connectivity index (χ3v) is 14.5. The molecule has 0 unspecified atom stereocenters. The number of allylic oxidation sites excluding steroid dienone is 1. The minimum absolute atomic E-state index is 0.108. The second kappa shape index (κ2) is 17.8. The van der Waals surface area contributed by atoms with Crippen molar-refractivity contribution in [3.63, 3.8) is 0 Å². The van der Waals surface area contributed by atoms with Crippen LogP contribution in [-0.2, 0) is 19.1 Å². The van der Waals surface area contributed by atoms with Gasteiger partial charge in [0, 0.05) is 47.1 Å². The Morgan fingerprint density at radius 2 is 1.38 bits per heavy atom. The molecule has 63 heavy (non-hydrogen) atoms. The summed E-state index contributed by atoms with van der Waals surface area (Å²) in [5.41, 5.74) is 9.91. The molecule has 0 radical (unpaired) electrons. The maximum absolute atomic E-state index is 14.0. The maximum atomic E-state index is 14.0. The molecule has 2 fully saturated rings. The molecule has 3 aromatic heterocycles. The van der Waals surface area contributed by atoms with Gasteiger partial charge in [-0.05, 0) is 66.0 Å². The normalized spacial score (nSPS) is 18.4. The summed E-state index contributed by atoms with van der Waals surface area (Å²) in [7, 11) is 2.59. The molecule has 4 amide bonds. The summed E-state index contributed by atoms with van der Waals surface area (Å²) in [6.45, 7) is 5.02. The summed E-state index contributed by atoms with van der Waals surface area (Å²) in [4.78, 5) is 69.3. The lowest BCUT2D eigenvalue weighted by Gasteiger charge is -2.29. The van der Waals surface area contributed by atoms with Crippen molar-refractivity contribution in [1.29, 1.82) is 0 Å². The van der Waals surface area contributed by atoms with E-state index in [2.05, 4.69) is 68.9 Å². The van der Waals surface area contributed by atoms with Crippen LogP contribution in [0.4, 0.5) is 9.59 Å². The number of amides is 4. The zero-order chi connectivity index (χ0) is 43.8. The fraction of sp³-hybridized carbons (Fsp3) is 0.333. The van der Waals surface area contributed by atoms with Gasteiger partial charge < -0.3 is 34.9 Å². The first-order valence-corrected chi connectivity index (χ1v) is 23.1. The van der Waals surface area contributed by atoms with Gasteiger partial charge in [-0.1, -0.05) is 80.6 Å². The van der Waals surface area contributed by atoms with Gasteiger partial charge in [0.15, 0.2) is 0 Å². The molecule has 2 saturated heterocycles. The molecule has 6 aromatic rings. The van der Waals surface area contributed by atoms with Gasteiger partial charge >= 0.3 is 12.2 Å². The Labute approximate surface area is 373 Å². The van der Waals surface area contributed by atoms with Gasteiger partial charge in [-0.2, -0.15) is 0 Å². The molecule has 0 saturated carbocycles. The minimum Gasteiger partial charge on any atom is -0.453 e.